The lowest BCUT2D eigenvalue weighted by Crippen LogP contribution is -2.39. The number of carboxylic acids is 1. The molecule has 0 fully saturated rings. The lowest BCUT2D eigenvalue weighted by molar-refractivity contribution is -0.154. The summed E-state index contributed by atoms with van der Waals surface area (Å²) in [5.74, 6) is -1.47. The summed E-state index contributed by atoms with van der Waals surface area (Å²) >= 11 is 0. The fourth-order valence-corrected chi connectivity index (χ4v) is 1.16. The second-order valence-corrected chi connectivity index (χ2v) is 4.73. The van der Waals surface area contributed by atoms with Crippen LogP contribution in [0.5, 0.6) is 0 Å². The molecule has 0 amide bonds. The molecule has 84 valence electrons. The molecular formula is C6H13O7P. The van der Waals surface area contributed by atoms with E-state index in [-0.39, 0.29) is 0 Å². The molecule has 1 unspecified atom stereocenters. The van der Waals surface area contributed by atoms with Crippen molar-refractivity contribution in [3.8, 4) is 0 Å². The molecule has 0 aromatic rings. The molecule has 0 heterocycles. The lowest BCUT2D eigenvalue weighted by Gasteiger charge is -2.27. The summed E-state index contributed by atoms with van der Waals surface area (Å²) in [5.41, 5.74) is -1.27. The lowest BCUT2D eigenvalue weighted by atomic mass is 9.88. The third-order valence-electron chi connectivity index (χ3n) is 1.58. The molecule has 0 bridgehead atoms. The first-order valence-electron chi connectivity index (χ1n) is 3.67. The summed E-state index contributed by atoms with van der Waals surface area (Å²) in [6.07, 6.45) is -1.74. The molecule has 8 heteroatoms. The zero-order valence-electron chi connectivity index (χ0n) is 7.75. The smallest absolute Gasteiger partial charge is 0.469 e. The minimum absolute atomic E-state index is 0.551. The maximum atomic E-state index is 10.4. The van der Waals surface area contributed by atoms with E-state index in [2.05, 4.69) is 4.52 Å². The van der Waals surface area contributed by atoms with Gasteiger partial charge in [0.25, 0.3) is 0 Å². The topological polar surface area (TPSA) is 124 Å². The monoisotopic (exact) mass is 228 g/mol. The highest BCUT2D eigenvalue weighted by Gasteiger charge is 2.35. The number of hydrogen-bond donors (Lipinski definition) is 4. The van der Waals surface area contributed by atoms with Gasteiger partial charge in [0.15, 0.2) is 6.10 Å². The highest BCUT2D eigenvalue weighted by atomic mass is 31.2. The molecule has 1 atom stereocenters. The highest BCUT2D eigenvalue weighted by molar-refractivity contribution is 7.46. The molecule has 0 saturated carbocycles. The van der Waals surface area contributed by atoms with Gasteiger partial charge in [0.05, 0.1) is 6.61 Å². The number of rotatable bonds is 5. The fraction of sp³-hybridized carbons (Fsp3) is 0.833. The van der Waals surface area contributed by atoms with Crippen molar-refractivity contribution in [3.63, 3.8) is 0 Å². The summed E-state index contributed by atoms with van der Waals surface area (Å²) in [6, 6.07) is 0. The van der Waals surface area contributed by atoms with E-state index in [1.807, 2.05) is 0 Å². The Morgan fingerprint density at radius 3 is 2.21 bits per heavy atom. The summed E-state index contributed by atoms with van der Waals surface area (Å²) in [5, 5.41) is 17.6. The van der Waals surface area contributed by atoms with Gasteiger partial charge in [-0.25, -0.2) is 9.36 Å². The molecule has 0 aliphatic heterocycles. The summed E-state index contributed by atoms with van der Waals surface area (Å²) < 4.78 is 14.4. The first kappa shape index (κ1) is 13.5. The van der Waals surface area contributed by atoms with Crippen molar-refractivity contribution in [1.82, 2.24) is 0 Å². The van der Waals surface area contributed by atoms with Gasteiger partial charge in [-0.1, -0.05) is 13.8 Å². The van der Waals surface area contributed by atoms with Gasteiger partial charge in [0.2, 0.25) is 0 Å². The van der Waals surface area contributed by atoms with Crippen LogP contribution in [0.15, 0.2) is 0 Å². The van der Waals surface area contributed by atoms with Crippen LogP contribution >= 0.6 is 7.82 Å². The van der Waals surface area contributed by atoms with Gasteiger partial charge in [-0.2, -0.15) is 0 Å². The van der Waals surface area contributed by atoms with Crippen molar-refractivity contribution < 1.29 is 33.9 Å². The molecule has 7 nitrogen and oxygen atoms in total. The number of aliphatic carboxylic acids is 1. The van der Waals surface area contributed by atoms with Crippen molar-refractivity contribution in [2.24, 2.45) is 5.41 Å². The molecule has 0 aliphatic rings. The number of phosphoric acid groups is 1. The Labute approximate surface area is 80.6 Å². The van der Waals surface area contributed by atoms with Crippen LogP contribution in [0.4, 0.5) is 0 Å². The number of phosphoric ester groups is 1. The van der Waals surface area contributed by atoms with Crippen LogP contribution in [0.25, 0.3) is 0 Å². The summed E-state index contributed by atoms with van der Waals surface area (Å²) in [7, 11) is -4.64. The third kappa shape index (κ3) is 4.69. The standard InChI is InChI=1S/C6H13O7P/c1-6(2,4(7)5(8)9)3-13-14(10,11)12/h4,7H,3H2,1-2H3,(H,8,9)(H2,10,11,12). The van der Waals surface area contributed by atoms with E-state index in [0.29, 0.717) is 0 Å². The van der Waals surface area contributed by atoms with Gasteiger partial charge in [0.1, 0.15) is 0 Å². The second-order valence-electron chi connectivity index (χ2n) is 3.49. The van der Waals surface area contributed by atoms with Gasteiger partial charge < -0.3 is 20.0 Å². The van der Waals surface area contributed by atoms with E-state index in [0.717, 1.165) is 0 Å². The van der Waals surface area contributed by atoms with Gasteiger partial charge in [0, 0.05) is 5.41 Å². The minimum atomic E-state index is -4.64. The quantitative estimate of drug-likeness (QED) is 0.470. The molecule has 0 rings (SSSR count). The first-order valence-corrected chi connectivity index (χ1v) is 5.20. The molecule has 0 aromatic heterocycles. The van der Waals surface area contributed by atoms with Crippen molar-refractivity contribution in [3.05, 3.63) is 0 Å². The number of aliphatic hydroxyl groups excluding tert-OH is 1. The van der Waals surface area contributed by atoms with E-state index in [1.54, 1.807) is 0 Å². The number of hydrogen-bond acceptors (Lipinski definition) is 4. The number of carbonyl (C=O) groups is 1. The van der Waals surface area contributed by atoms with Crippen LogP contribution in [0.2, 0.25) is 0 Å². The SMILES string of the molecule is CC(C)(COP(=O)(O)O)C(O)C(=O)O. The predicted octanol–water partition coefficient (Wildman–Crippen LogP) is -0.433. The van der Waals surface area contributed by atoms with Gasteiger partial charge in [-0.15, -0.1) is 0 Å². The Bertz CT molecular complexity index is 255. The van der Waals surface area contributed by atoms with Crippen molar-refractivity contribution in [2.75, 3.05) is 6.61 Å². The summed E-state index contributed by atoms with van der Waals surface area (Å²) in [6.45, 7) is 2.09. The van der Waals surface area contributed by atoms with Crippen LogP contribution in [-0.2, 0) is 13.9 Å². The van der Waals surface area contributed by atoms with Gasteiger partial charge in [-0.05, 0) is 0 Å². The Hall–Kier alpha value is -0.460. The van der Waals surface area contributed by atoms with Crippen LogP contribution in [0.3, 0.4) is 0 Å². The van der Waals surface area contributed by atoms with Crippen molar-refractivity contribution >= 4 is 13.8 Å². The molecule has 0 aromatic carbocycles. The van der Waals surface area contributed by atoms with E-state index in [9.17, 15) is 9.36 Å². The Kier molecular flexibility index (Phi) is 4.23. The maximum absolute atomic E-state index is 10.4. The van der Waals surface area contributed by atoms with Gasteiger partial charge in [-0.3, -0.25) is 4.52 Å². The molecule has 0 aliphatic carbocycles. The fourth-order valence-electron chi connectivity index (χ4n) is 0.664. The van der Waals surface area contributed by atoms with Crippen LogP contribution in [0.1, 0.15) is 13.8 Å². The zero-order chi connectivity index (χ0) is 11.6. The number of carboxylic acid groups (broad SMARTS) is 1. The molecule has 0 radical (unpaired) electrons. The molecule has 0 spiro atoms. The Morgan fingerprint density at radius 2 is 1.93 bits per heavy atom. The van der Waals surface area contributed by atoms with E-state index in [1.165, 1.54) is 13.8 Å². The first-order chi connectivity index (χ1) is 6.06. The Morgan fingerprint density at radius 1 is 1.50 bits per heavy atom. The zero-order valence-corrected chi connectivity index (χ0v) is 8.64. The molecule has 4 N–H and O–H groups in total. The third-order valence-corrected chi connectivity index (χ3v) is 2.04. The van der Waals surface area contributed by atoms with Crippen LogP contribution in [-0.4, -0.2) is 38.7 Å². The van der Waals surface area contributed by atoms with Gasteiger partial charge >= 0.3 is 13.8 Å². The van der Waals surface area contributed by atoms with Crippen LogP contribution in [0, 0.1) is 5.41 Å². The average Bonchev–Trinajstić information content (AvgIpc) is 1.98. The van der Waals surface area contributed by atoms with E-state index < -0.39 is 31.9 Å². The summed E-state index contributed by atoms with van der Waals surface area (Å²) in [4.78, 5) is 27.1. The normalized spacial score (nSPS) is 15.2. The highest BCUT2D eigenvalue weighted by Crippen LogP contribution is 2.38. The van der Waals surface area contributed by atoms with Crippen molar-refractivity contribution in [1.29, 1.82) is 0 Å². The number of aliphatic hydroxyl groups is 1. The average molecular weight is 228 g/mol. The van der Waals surface area contributed by atoms with Crippen LogP contribution < -0.4 is 0 Å². The Balaban J connectivity index is 4.35. The largest absolute Gasteiger partial charge is 0.479 e. The molecular weight excluding hydrogens is 215 g/mol. The second kappa shape index (κ2) is 4.37. The maximum Gasteiger partial charge on any atom is 0.469 e. The predicted molar refractivity (Wildman–Crippen MR) is 45.4 cm³/mol. The minimum Gasteiger partial charge on any atom is -0.479 e. The van der Waals surface area contributed by atoms with E-state index in [4.69, 9.17) is 20.0 Å². The van der Waals surface area contributed by atoms with Crippen molar-refractivity contribution in [2.45, 2.75) is 20.0 Å². The van der Waals surface area contributed by atoms with E-state index >= 15 is 0 Å². The molecule has 0 saturated heterocycles. The molecule has 14 heavy (non-hydrogen) atoms.